The Hall–Kier alpha value is -2.36. The summed E-state index contributed by atoms with van der Waals surface area (Å²) >= 11 is 0. The Balaban J connectivity index is 1.82. The highest BCUT2D eigenvalue weighted by atomic mass is 16.2. The van der Waals surface area contributed by atoms with Crippen molar-refractivity contribution >= 4 is 11.6 Å². The zero-order valence-corrected chi connectivity index (χ0v) is 10.9. The lowest BCUT2D eigenvalue weighted by Crippen LogP contribution is -2.34. The lowest BCUT2D eigenvalue weighted by Gasteiger charge is -2.18. The second-order valence-electron chi connectivity index (χ2n) is 4.29. The van der Waals surface area contributed by atoms with Crippen LogP contribution >= 0.6 is 0 Å². The fourth-order valence-electron chi connectivity index (χ4n) is 1.74. The van der Waals surface area contributed by atoms with Crippen LogP contribution in [0.5, 0.6) is 0 Å². The van der Waals surface area contributed by atoms with Gasteiger partial charge in [0.15, 0.2) is 0 Å². The van der Waals surface area contributed by atoms with E-state index in [9.17, 15) is 4.79 Å². The molecule has 19 heavy (non-hydrogen) atoms. The van der Waals surface area contributed by atoms with Gasteiger partial charge in [-0.15, -0.1) is 0 Å². The highest BCUT2D eigenvalue weighted by Gasteiger charge is 2.06. The van der Waals surface area contributed by atoms with Gasteiger partial charge in [-0.3, -0.25) is 9.78 Å². The van der Waals surface area contributed by atoms with E-state index in [2.05, 4.69) is 10.3 Å². The molecule has 2 rings (SSSR count). The molecule has 0 aliphatic carbocycles. The van der Waals surface area contributed by atoms with Crippen LogP contribution in [-0.4, -0.2) is 24.5 Å². The van der Waals surface area contributed by atoms with Gasteiger partial charge in [0, 0.05) is 18.9 Å². The van der Waals surface area contributed by atoms with Crippen molar-refractivity contribution in [1.29, 1.82) is 0 Å². The monoisotopic (exact) mass is 255 g/mol. The van der Waals surface area contributed by atoms with Crippen LogP contribution in [0.4, 0.5) is 5.69 Å². The number of rotatable bonds is 5. The maximum Gasteiger partial charge on any atom is 0.239 e. The third-order valence-electron chi connectivity index (χ3n) is 2.77. The predicted molar refractivity (Wildman–Crippen MR) is 75.8 cm³/mol. The molecule has 0 radical (unpaired) electrons. The normalized spacial score (nSPS) is 9.95. The van der Waals surface area contributed by atoms with Gasteiger partial charge >= 0.3 is 0 Å². The van der Waals surface area contributed by atoms with Crippen LogP contribution in [-0.2, 0) is 11.3 Å². The van der Waals surface area contributed by atoms with E-state index in [0.717, 1.165) is 11.4 Å². The Morgan fingerprint density at radius 2 is 1.89 bits per heavy atom. The molecule has 4 nitrogen and oxygen atoms in total. The highest BCUT2D eigenvalue weighted by molar-refractivity contribution is 5.81. The largest absolute Gasteiger partial charge is 0.365 e. The molecule has 1 aromatic carbocycles. The van der Waals surface area contributed by atoms with Gasteiger partial charge in [-0.2, -0.15) is 0 Å². The van der Waals surface area contributed by atoms with Crippen molar-refractivity contribution in [3.63, 3.8) is 0 Å². The van der Waals surface area contributed by atoms with Crippen molar-refractivity contribution in [3.05, 3.63) is 60.4 Å². The van der Waals surface area contributed by atoms with Gasteiger partial charge < -0.3 is 10.2 Å². The van der Waals surface area contributed by atoms with E-state index in [-0.39, 0.29) is 5.91 Å². The van der Waals surface area contributed by atoms with Gasteiger partial charge in [-0.1, -0.05) is 24.3 Å². The second-order valence-corrected chi connectivity index (χ2v) is 4.29. The smallest absolute Gasteiger partial charge is 0.239 e. The molecule has 0 unspecified atom stereocenters. The number of hydrogen-bond acceptors (Lipinski definition) is 3. The zero-order valence-electron chi connectivity index (χ0n) is 10.9. The van der Waals surface area contributed by atoms with E-state index in [1.165, 1.54) is 0 Å². The Labute approximate surface area is 113 Å². The van der Waals surface area contributed by atoms with Crippen molar-refractivity contribution in [3.8, 4) is 0 Å². The Kier molecular flexibility index (Phi) is 4.50. The molecule has 1 heterocycles. The molecule has 0 fully saturated rings. The molecule has 1 amide bonds. The number of nitrogens with one attached hydrogen (secondary N) is 1. The number of aromatic nitrogens is 1. The molecule has 0 aliphatic heterocycles. The average molecular weight is 255 g/mol. The molecule has 1 N–H and O–H groups in total. The molecule has 0 bridgehead atoms. The van der Waals surface area contributed by atoms with Gasteiger partial charge in [0.25, 0.3) is 0 Å². The summed E-state index contributed by atoms with van der Waals surface area (Å²) in [4.78, 5) is 17.9. The number of hydrogen-bond donors (Lipinski definition) is 1. The number of carbonyl (C=O) groups is 1. The van der Waals surface area contributed by atoms with E-state index in [0.29, 0.717) is 13.1 Å². The maximum absolute atomic E-state index is 11.8. The predicted octanol–water partition coefficient (Wildman–Crippen LogP) is 1.83. The van der Waals surface area contributed by atoms with Crippen molar-refractivity contribution < 1.29 is 4.79 Å². The first kappa shape index (κ1) is 13.1. The van der Waals surface area contributed by atoms with Crippen molar-refractivity contribution in [2.75, 3.05) is 18.5 Å². The van der Waals surface area contributed by atoms with Crippen LogP contribution in [0.25, 0.3) is 0 Å². The van der Waals surface area contributed by atoms with Crippen molar-refractivity contribution in [2.24, 2.45) is 0 Å². The quantitative estimate of drug-likeness (QED) is 0.886. The van der Waals surface area contributed by atoms with Gasteiger partial charge in [-0.25, -0.2) is 0 Å². The zero-order chi connectivity index (χ0) is 13.5. The first-order valence-corrected chi connectivity index (χ1v) is 6.18. The third-order valence-corrected chi connectivity index (χ3v) is 2.77. The van der Waals surface area contributed by atoms with E-state index in [4.69, 9.17) is 0 Å². The van der Waals surface area contributed by atoms with E-state index < -0.39 is 0 Å². The highest BCUT2D eigenvalue weighted by Crippen LogP contribution is 2.09. The van der Waals surface area contributed by atoms with E-state index in [1.807, 2.05) is 60.5 Å². The van der Waals surface area contributed by atoms with Crippen molar-refractivity contribution in [1.82, 2.24) is 10.3 Å². The average Bonchev–Trinajstić information content (AvgIpc) is 2.47. The maximum atomic E-state index is 11.8. The van der Waals surface area contributed by atoms with Crippen LogP contribution in [0.2, 0.25) is 0 Å². The van der Waals surface area contributed by atoms with Crippen LogP contribution in [0, 0.1) is 0 Å². The summed E-state index contributed by atoms with van der Waals surface area (Å²) in [5.74, 6) is -0.0167. The topological polar surface area (TPSA) is 45.2 Å². The minimum atomic E-state index is -0.0167. The van der Waals surface area contributed by atoms with Crippen LogP contribution < -0.4 is 10.2 Å². The number of amides is 1. The SMILES string of the molecule is CN(CC(=O)NCc1ccccn1)c1ccccc1. The Morgan fingerprint density at radius 1 is 1.16 bits per heavy atom. The second kappa shape index (κ2) is 6.54. The summed E-state index contributed by atoms with van der Waals surface area (Å²) in [5.41, 5.74) is 1.88. The molecule has 2 aromatic rings. The van der Waals surface area contributed by atoms with Gasteiger partial charge in [0.05, 0.1) is 18.8 Å². The molecule has 0 aliphatic rings. The van der Waals surface area contributed by atoms with Gasteiger partial charge in [-0.05, 0) is 24.3 Å². The molecule has 1 aromatic heterocycles. The standard InChI is InChI=1S/C15H17N3O/c1-18(14-8-3-2-4-9-14)12-15(19)17-11-13-7-5-6-10-16-13/h2-10H,11-12H2,1H3,(H,17,19). The summed E-state index contributed by atoms with van der Waals surface area (Å²) in [6.07, 6.45) is 1.72. The van der Waals surface area contributed by atoms with Gasteiger partial charge in [0.2, 0.25) is 5.91 Å². The molecular formula is C15H17N3O. The molecule has 0 spiro atoms. The van der Waals surface area contributed by atoms with Crippen LogP contribution in [0.1, 0.15) is 5.69 Å². The Bertz CT molecular complexity index is 513. The number of benzene rings is 1. The summed E-state index contributed by atoms with van der Waals surface area (Å²) in [6, 6.07) is 15.5. The number of nitrogens with zero attached hydrogens (tertiary/aromatic N) is 2. The molecule has 0 atom stereocenters. The number of para-hydroxylation sites is 1. The number of likely N-dealkylation sites (N-methyl/N-ethyl adjacent to an activating group) is 1. The summed E-state index contributed by atoms with van der Waals surface area (Å²) < 4.78 is 0. The number of pyridine rings is 1. The molecule has 4 heteroatoms. The fourth-order valence-corrected chi connectivity index (χ4v) is 1.74. The molecule has 0 saturated heterocycles. The minimum absolute atomic E-state index is 0.0167. The van der Waals surface area contributed by atoms with Crippen LogP contribution in [0.3, 0.4) is 0 Å². The van der Waals surface area contributed by atoms with E-state index in [1.54, 1.807) is 6.20 Å². The molecular weight excluding hydrogens is 238 g/mol. The molecule has 0 saturated carbocycles. The summed E-state index contributed by atoms with van der Waals surface area (Å²) in [7, 11) is 1.90. The fraction of sp³-hybridized carbons (Fsp3) is 0.200. The summed E-state index contributed by atoms with van der Waals surface area (Å²) in [6.45, 7) is 0.791. The molecule has 98 valence electrons. The van der Waals surface area contributed by atoms with Crippen molar-refractivity contribution in [2.45, 2.75) is 6.54 Å². The van der Waals surface area contributed by atoms with Crippen LogP contribution in [0.15, 0.2) is 54.7 Å². The first-order chi connectivity index (χ1) is 9.25. The lowest BCUT2D eigenvalue weighted by atomic mass is 10.3. The minimum Gasteiger partial charge on any atom is -0.365 e. The lowest BCUT2D eigenvalue weighted by molar-refractivity contribution is -0.119. The number of carbonyl (C=O) groups excluding carboxylic acids is 1. The third kappa shape index (κ3) is 4.10. The Morgan fingerprint density at radius 3 is 2.58 bits per heavy atom. The summed E-state index contributed by atoms with van der Waals surface area (Å²) in [5, 5.41) is 2.86. The first-order valence-electron chi connectivity index (χ1n) is 6.18. The van der Waals surface area contributed by atoms with E-state index >= 15 is 0 Å². The van der Waals surface area contributed by atoms with Gasteiger partial charge in [0.1, 0.15) is 0 Å². The number of anilines is 1.